The average Bonchev–Trinajstić information content (AvgIpc) is 3.17. The van der Waals surface area contributed by atoms with Gasteiger partial charge in [-0.05, 0) is 42.5 Å². The number of amides is 2. The summed E-state index contributed by atoms with van der Waals surface area (Å²) in [5.74, 6) is -0.103. The molecule has 2 heterocycles. The third-order valence-electron chi connectivity index (χ3n) is 5.82. The Morgan fingerprint density at radius 1 is 1.27 bits per heavy atom. The molecule has 30 heavy (non-hydrogen) atoms. The smallest absolute Gasteiger partial charge is 0.228 e. The minimum absolute atomic E-state index is 0.0101. The van der Waals surface area contributed by atoms with Gasteiger partial charge < -0.3 is 14.9 Å². The summed E-state index contributed by atoms with van der Waals surface area (Å²) in [7, 11) is 0. The fourth-order valence-electron chi connectivity index (χ4n) is 3.95. The highest BCUT2D eigenvalue weighted by atomic mass is 16.3. The highest BCUT2D eigenvalue weighted by Gasteiger charge is 2.38. The molecule has 0 radical (unpaired) electrons. The number of pyridine rings is 1. The summed E-state index contributed by atoms with van der Waals surface area (Å²) in [4.78, 5) is 34.0. The van der Waals surface area contributed by atoms with Crippen LogP contribution in [0.4, 0.5) is 5.69 Å². The zero-order valence-electron chi connectivity index (χ0n) is 17.8. The van der Waals surface area contributed by atoms with E-state index in [2.05, 4.69) is 24.9 Å². The molecule has 1 aliphatic rings. The summed E-state index contributed by atoms with van der Waals surface area (Å²) >= 11 is 0. The number of hydrogen-bond donors (Lipinski definition) is 1. The number of para-hydroxylation sites is 1. The van der Waals surface area contributed by atoms with E-state index in [0.29, 0.717) is 32.0 Å². The van der Waals surface area contributed by atoms with Crippen LogP contribution in [0.1, 0.15) is 50.3 Å². The molecule has 3 rings (SSSR count). The molecule has 1 fully saturated rings. The van der Waals surface area contributed by atoms with E-state index in [1.54, 1.807) is 16.0 Å². The summed E-state index contributed by atoms with van der Waals surface area (Å²) in [5.41, 5.74) is 2.86. The monoisotopic (exact) mass is 409 g/mol. The Kier molecular flexibility index (Phi) is 7.57. The van der Waals surface area contributed by atoms with Crippen LogP contribution in [0, 0.1) is 5.92 Å². The summed E-state index contributed by atoms with van der Waals surface area (Å²) in [6.07, 6.45) is 3.41. The van der Waals surface area contributed by atoms with Gasteiger partial charge in [0, 0.05) is 38.0 Å². The molecule has 6 heteroatoms. The Balaban J connectivity index is 1.77. The maximum absolute atomic E-state index is 13.3. The quantitative estimate of drug-likeness (QED) is 0.689. The summed E-state index contributed by atoms with van der Waals surface area (Å²) < 4.78 is 0. The van der Waals surface area contributed by atoms with Crippen LogP contribution in [0.15, 0.2) is 48.7 Å². The normalized spacial score (nSPS) is 17.2. The lowest BCUT2D eigenvalue weighted by molar-refractivity contribution is -0.136. The van der Waals surface area contributed by atoms with Gasteiger partial charge >= 0.3 is 0 Å². The molecule has 0 saturated carbocycles. The van der Waals surface area contributed by atoms with Gasteiger partial charge in [0.05, 0.1) is 18.2 Å². The topological polar surface area (TPSA) is 73.7 Å². The third-order valence-corrected chi connectivity index (χ3v) is 5.82. The lowest BCUT2D eigenvalue weighted by Gasteiger charge is -2.26. The Hall–Kier alpha value is -2.73. The van der Waals surface area contributed by atoms with Crippen LogP contribution in [0.5, 0.6) is 0 Å². The van der Waals surface area contributed by atoms with Gasteiger partial charge in [0.1, 0.15) is 0 Å². The second kappa shape index (κ2) is 10.3. The van der Waals surface area contributed by atoms with Crippen LogP contribution in [0.2, 0.25) is 0 Å². The Morgan fingerprint density at radius 3 is 2.73 bits per heavy atom. The van der Waals surface area contributed by atoms with Crippen molar-refractivity contribution < 1.29 is 14.7 Å². The number of aliphatic hydroxyl groups is 1. The van der Waals surface area contributed by atoms with Crippen LogP contribution in [0.25, 0.3) is 0 Å². The van der Waals surface area contributed by atoms with Crippen molar-refractivity contribution >= 4 is 17.5 Å². The number of aromatic nitrogens is 1. The number of carbonyl (C=O) groups is 2. The van der Waals surface area contributed by atoms with E-state index in [0.717, 1.165) is 23.4 Å². The SMILES string of the molecule is CCC(C)c1ccccc1N1CC(C(=O)N(CCCO)Cc2ccccn2)CC1=O. The first-order chi connectivity index (χ1) is 14.5. The molecule has 1 aliphatic heterocycles. The van der Waals surface area contributed by atoms with E-state index < -0.39 is 0 Å². The Bertz CT molecular complexity index is 856. The molecular formula is C24H31N3O3. The van der Waals surface area contributed by atoms with Crippen LogP contribution >= 0.6 is 0 Å². The molecule has 1 saturated heterocycles. The molecule has 2 aromatic rings. The second-order valence-corrected chi connectivity index (χ2v) is 7.93. The number of nitrogens with zero attached hydrogens (tertiary/aromatic N) is 3. The van der Waals surface area contributed by atoms with Gasteiger partial charge in [0.15, 0.2) is 0 Å². The van der Waals surface area contributed by atoms with Gasteiger partial charge in [-0.2, -0.15) is 0 Å². The van der Waals surface area contributed by atoms with Gasteiger partial charge in [-0.15, -0.1) is 0 Å². The summed E-state index contributed by atoms with van der Waals surface area (Å²) in [6, 6.07) is 13.6. The van der Waals surface area contributed by atoms with Gasteiger partial charge in [-0.1, -0.05) is 38.1 Å². The van der Waals surface area contributed by atoms with Gasteiger partial charge in [-0.3, -0.25) is 14.6 Å². The molecule has 160 valence electrons. The van der Waals surface area contributed by atoms with Crippen LogP contribution in [-0.2, 0) is 16.1 Å². The van der Waals surface area contributed by atoms with E-state index >= 15 is 0 Å². The van der Waals surface area contributed by atoms with Crippen molar-refractivity contribution in [3.05, 3.63) is 59.9 Å². The predicted molar refractivity (Wildman–Crippen MR) is 117 cm³/mol. The van der Waals surface area contributed by atoms with E-state index in [1.807, 2.05) is 36.4 Å². The van der Waals surface area contributed by atoms with Gasteiger partial charge in [0.25, 0.3) is 0 Å². The average molecular weight is 410 g/mol. The minimum Gasteiger partial charge on any atom is -0.396 e. The number of benzene rings is 1. The molecule has 0 aliphatic carbocycles. The van der Waals surface area contributed by atoms with Crippen molar-refractivity contribution in [1.29, 1.82) is 0 Å². The molecule has 2 atom stereocenters. The maximum atomic E-state index is 13.3. The highest BCUT2D eigenvalue weighted by Crippen LogP contribution is 2.34. The molecule has 1 aromatic carbocycles. The number of anilines is 1. The largest absolute Gasteiger partial charge is 0.396 e. The van der Waals surface area contributed by atoms with Crippen molar-refractivity contribution in [3.8, 4) is 0 Å². The van der Waals surface area contributed by atoms with E-state index in [9.17, 15) is 14.7 Å². The first-order valence-electron chi connectivity index (χ1n) is 10.7. The van der Waals surface area contributed by atoms with Crippen molar-refractivity contribution in [1.82, 2.24) is 9.88 Å². The fraction of sp³-hybridized carbons (Fsp3) is 0.458. The van der Waals surface area contributed by atoms with E-state index in [-0.39, 0.29) is 30.8 Å². The van der Waals surface area contributed by atoms with Crippen LogP contribution in [-0.4, -0.2) is 46.5 Å². The molecule has 2 amide bonds. The Morgan fingerprint density at radius 2 is 2.03 bits per heavy atom. The fourth-order valence-corrected chi connectivity index (χ4v) is 3.95. The molecule has 1 N–H and O–H groups in total. The van der Waals surface area contributed by atoms with Crippen LogP contribution in [0.3, 0.4) is 0 Å². The predicted octanol–water partition coefficient (Wildman–Crippen LogP) is 3.36. The van der Waals surface area contributed by atoms with Crippen molar-refractivity contribution in [2.24, 2.45) is 5.92 Å². The van der Waals surface area contributed by atoms with Crippen molar-refractivity contribution in [2.45, 2.75) is 45.6 Å². The molecule has 0 spiro atoms. The molecular weight excluding hydrogens is 378 g/mol. The van der Waals surface area contributed by atoms with Gasteiger partial charge in [0.2, 0.25) is 11.8 Å². The number of aliphatic hydroxyl groups excluding tert-OH is 1. The summed E-state index contributed by atoms with van der Waals surface area (Å²) in [5, 5.41) is 9.25. The van der Waals surface area contributed by atoms with Gasteiger partial charge in [-0.25, -0.2) is 0 Å². The standard InChI is InChI=1S/C24H31N3O3/c1-3-18(2)21-10-4-5-11-22(21)27-16-19(15-23(27)29)24(30)26(13-8-14-28)17-20-9-6-7-12-25-20/h4-7,9-12,18-19,28H,3,8,13-17H2,1-2H3. The highest BCUT2D eigenvalue weighted by molar-refractivity contribution is 6.00. The Labute approximate surface area is 178 Å². The number of hydrogen-bond acceptors (Lipinski definition) is 4. The molecule has 1 aromatic heterocycles. The lowest BCUT2D eigenvalue weighted by Crippen LogP contribution is -2.38. The maximum Gasteiger partial charge on any atom is 0.228 e. The second-order valence-electron chi connectivity index (χ2n) is 7.93. The number of carbonyl (C=O) groups excluding carboxylic acids is 2. The molecule has 2 unspecified atom stereocenters. The molecule has 0 bridgehead atoms. The first-order valence-corrected chi connectivity index (χ1v) is 10.7. The zero-order valence-corrected chi connectivity index (χ0v) is 17.8. The zero-order chi connectivity index (χ0) is 21.5. The van der Waals surface area contributed by atoms with Crippen LogP contribution < -0.4 is 4.90 Å². The van der Waals surface area contributed by atoms with E-state index in [1.165, 1.54) is 0 Å². The molecule has 6 nitrogen and oxygen atoms in total. The van der Waals surface area contributed by atoms with E-state index in [4.69, 9.17) is 0 Å². The number of rotatable bonds is 9. The first kappa shape index (κ1) is 22.0. The minimum atomic E-state index is -0.384. The van der Waals surface area contributed by atoms with Crippen molar-refractivity contribution in [3.63, 3.8) is 0 Å². The third kappa shape index (κ3) is 5.05. The van der Waals surface area contributed by atoms with Crippen molar-refractivity contribution in [2.75, 3.05) is 24.6 Å². The lowest BCUT2D eigenvalue weighted by atomic mass is 9.96. The summed E-state index contributed by atoms with van der Waals surface area (Å²) in [6.45, 7) is 5.53.